The van der Waals surface area contributed by atoms with E-state index in [2.05, 4.69) is 0 Å². The number of hydrogen-bond acceptors (Lipinski definition) is 3. The van der Waals surface area contributed by atoms with Gasteiger partial charge in [-0.05, 0) is 31.9 Å². The number of anilines is 1. The molecule has 0 spiro atoms. The van der Waals surface area contributed by atoms with Gasteiger partial charge in [0, 0.05) is 19.3 Å². The quantitative estimate of drug-likeness (QED) is 0.750. The number of ether oxygens (including phenoxy) is 2. The van der Waals surface area contributed by atoms with E-state index in [-0.39, 0.29) is 12.0 Å². The van der Waals surface area contributed by atoms with E-state index >= 15 is 0 Å². The van der Waals surface area contributed by atoms with Crippen LogP contribution in [0.2, 0.25) is 0 Å². The van der Waals surface area contributed by atoms with Crippen LogP contribution in [0.15, 0.2) is 24.3 Å². The van der Waals surface area contributed by atoms with Crippen molar-refractivity contribution in [1.29, 1.82) is 0 Å². The van der Waals surface area contributed by atoms with Crippen LogP contribution < -0.4 is 4.90 Å². The molecule has 4 heteroatoms. The smallest absolute Gasteiger partial charge is 0.229 e. The van der Waals surface area contributed by atoms with Crippen LogP contribution in [-0.2, 0) is 14.3 Å². The largest absolute Gasteiger partial charge is 0.378 e. The van der Waals surface area contributed by atoms with Crippen molar-refractivity contribution in [1.82, 2.24) is 0 Å². The standard InChI is InChI=1S/C16H23NO3/c1-13-5-7-14(8-6-13)17(2)16(18)9-11-19-12-15-4-3-10-20-15/h5-8,15H,3-4,9-12H2,1-2H3. The summed E-state index contributed by atoms with van der Waals surface area (Å²) in [5, 5.41) is 0. The molecule has 0 aliphatic carbocycles. The molecule has 2 rings (SSSR count). The number of carbonyl (C=O) groups is 1. The summed E-state index contributed by atoms with van der Waals surface area (Å²) in [6.07, 6.45) is 2.80. The molecule has 1 heterocycles. The molecule has 20 heavy (non-hydrogen) atoms. The Morgan fingerprint density at radius 2 is 2.15 bits per heavy atom. The summed E-state index contributed by atoms with van der Waals surface area (Å²) in [5.74, 6) is 0.0705. The summed E-state index contributed by atoms with van der Waals surface area (Å²) < 4.78 is 11.0. The molecule has 1 aromatic rings. The topological polar surface area (TPSA) is 38.8 Å². The first-order chi connectivity index (χ1) is 9.66. The zero-order valence-electron chi connectivity index (χ0n) is 12.3. The Balaban J connectivity index is 1.69. The van der Waals surface area contributed by atoms with Crippen molar-refractivity contribution >= 4 is 11.6 Å². The van der Waals surface area contributed by atoms with Gasteiger partial charge in [0.15, 0.2) is 0 Å². The predicted molar refractivity (Wildman–Crippen MR) is 79.0 cm³/mol. The second kappa shape index (κ2) is 7.41. The lowest BCUT2D eigenvalue weighted by Crippen LogP contribution is -2.27. The van der Waals surface area contributed by atoms with E-state index in [4.69, 9.17) is 9.47 Å². The first kappa shape index (κ1) is 15.0. The van der Waals surface area contributed by atoms with E-state index in [1.165, 1.54) is 5.56 Å². The van der Waals surface area contributed by atoms with Gasteiger partial charge in [-0.1, -0.05) is 17.7 Å². The lowest BCUT2D eigenvalue weighted by atomic mass is 10.2. The molecule has 0 bridgehead atoms. The molecule has 0 saturated carbocycles. The maximum Gasteiger partial charge on any atom is 0.229 e. The number of amides is 1. The lowest BCUT2D eigenvalue weighted by Gasteiger charge is -2.18. The lowest BCUT2D eigenvalue weighted by molar-refractivity contribution is -0.119. The van der Waals surface area contributed by atoms with Crippen molar-refractivity contribution in [2.45, 2.75) is 32.3 Å². The van der Waals surface area contributed by atoms with Crippen molar-refractivity contribution in [2.75, 3.05) is 31.8 Å². The molecule has 1 saturated heterocycles. The van der Waals surface area contributed by atoms with E-state index in [1.54, 1.807) is 11.9 Å². The number of hydrogen-bond donors (Lipinski definition) is 0. The third-order valence-corrected chi connectivity index (χ3v) is 3.58. The van der Waals surface area contributed by atoms with Crippen LogP contribution >= 0.6 is 0 Å². The Hall–Kier alpha value is -1.39. The SMILES string of the molecule is Cc1ccc(N(C)C(=O)CCOCC2CCCO2)cc1. The Morgan fingerprint density at radius 3 is 2.80 bits per heavy atom. The van der Waals surface area contributed by atoms with Crippen molar-refractivity contribution in [2.24, 2.45) is 0 Å². The van der Waals surface area contributed by atoms with Gasteiger partial charge in [-0.15, -0.1) is 0 Å². The van der Waals surface area contributed by atoms with Gasteiger partial charge in [0.05, 0.1) is 25.7 Å². The van der Waals surface area contributed by atoms with E-state index in [0.29, 0.717) is 19.6 Å². The maximum atomic E-state index is 12.0. The van der Waals surface area contributed by atoms with Gasteiger partial charge in [-0.25, -0.2) is 0 Å². The highest BCUT2D eigenvalue weighted by atomic mass is 16.5. The zero-order valence-corrected chi connectivity index (χ0v) is 12.3. The molecule has 1 atom stereocenters. The number of benzene rings is 1. The molecule has 0 N–H and O–H groups in total. The molecule has 1 aliphatic rings. The van der Waals surface area contributed by atoms with Crippen molar-refractivity contribution in [3.63, 3.8) is 0 Å². The Morgan fingerprint density at radius 1 is 1.40 bits per heavy atom. The average Bonchev–Trinajstić information content (AvgIpc) is 2.96. The zero-order chi connectivity index (χ0) is 14.4. The summed E-state index contributed by atoms with van der Waals surface area (Å²) in [5.41, 5.74) is 2.11. The van der Waals surface area contributed by atoms with Crippen LogP contribution in [0, 0.1) is 6.92 Å². The fraction of sp³-hybridized carbons (Fsp3) is 0.562. The highest BCUT2D eigenvalue weighted by Gasteiger charge is 2.16. The molecular weight excluding hydrogens is 254 g/mol. The molecule has 4 nitrogen and oxygen atoms in total. The Kier molecular flexibility index (Phi) is 5.56. The van der Waals surface area contributed by atoms with Gasteiger partial charge in [0.25, 0.3) is 0 Å². The summed E-state index contributed by atoms with van der Waals surface area (Å²) in [6, 6.07) is 7.93. The van der Waals surface area contributed by atoms with Crippen LogP contribution in [0.3, 0.4) is 0 Å². The highest BCUT2D eigenvalue weighted by Crippen LogP contribution is 2.15. The fourth-order valence-corrected chi connectivity index (χ4v) is 2.23. The third kappa shape index (κ3) is 4.32. The molecule has 1 amide bonds. The minimum atomic E-state index is 0.0705. The van der Waals surface area contributed by atoms with Crippen LogP contribution in [0.4, 0.5) is 5.69 Å². The van der Waals surface area contributed by atoms with Crippen molar-refractivity contribution in [3.8, 4) is 0 Å². The number of nitrogens with zero attached hydrogens (tertiary/aromatic N) is 1. The fourth-order valence-electron chi connectivity index (χ4n) is 2.23. The molecule has 1 aliphatic heterocycles. The first-order valence-corrected chi connectivity index (χ1v) is 7.19. The summed E-state index contributed by atoms with van der Waals surface area (Å²) in [4.78, 5) is 13.7. The van der Waals surface area contributed by atoms with Gasteiger partial charge < -0.3 is 14.4 Å². The van der Waals surface area contributed by atoms with Crippen LogP contribution in [0.1, 0.15) is 24.8 Å². The Bertz CT molecular complexity index is 424. The molecule has 110 valence electrons. The summed E-state index contributed by atoms with van der Waals surface area (Å²) >= 11 is 0. The van der Waals surface area contributed by atoms with Gasteiger partial charge in [-0.2, -0.15) is 0 Å². The van der Waals surface area contributed by atoms with E-state index in [1.807, 2.05) is 31.2 Å². The predicted octanol–water partition coefficient (Wildman–Crippen LogP) is 2.54. The monoisotopic (exact) mass is 277 g/mol. The van der Waals surface area contributed by atoms with E-state index < -0.39 is 0 Å². The molecule has 0 radical (unpaired) electrons. The number of rotatable bonds is 6. The highest BCUT2D eigenvalue weighted by molar-refractivity contribution is 5.92. The first-order valence-electron chi connectivity index (χ1n) is 7.19. The van der Waals surface area contributed by atoms with Crippen molar-refractivity contribution < 1.29 is 14.3 Å². The third-order valence-electron chi connectivity index (χ3n) is 3.58. The molecular formula is C16H23NO3. The average molecular weight is 277 g/mol. The minimum absolute atomic E-state index is 0.0705. The van der Waals surface area contributed by atoms with E-state index in [9.17, 15) is 4.79 Å². The molecule has 1 unspecified atom stereocenters. The second-order valence-corrected chi connectivity index (χ2v) is 5.25. The maximum absolute atomic E-state index is 12.0. The van der Waals surface area contributed by atoms with Crippen LogP contribution in [0.5, 0.6) is 0 Å². The van der Waals surface area contributed by atoms with E-state index in [0.717, 1.165) is 25.1 Å². The van der Waals surface area contributed by atoms with Gasteiger partial charge >= 0.3 is 0 Å². The molecule has 1 aromatic carbocycles. The van der Waals surface area contributed by atoms with Gasteiger partial charge in [-0.3, -0.25) is 4.79 Å². The number of carbonyl (C=O) groups excluding carboxylic acids is 1. The summed E-state index contributed by atoms with van der Waals surface area (Å²) in [7, 11) is 1.80. The molecule has 0 aromatic heterocycles. The van der Waals surface area contributed by atoms with Crippen LogP contribution in [-0.4, -0.2) is 38.9 Å². The second-order valence-electron chi connectivity index (χ2n) is 5.25. The normalized spacial score (nSPS) is 18.2. The number of aryl methyl sites for hydroxylation is 1. The van der Waals surface area contributed by atoms with Crippen molar-refractivity contribution in [3.05, 3.63) is 29.8 Å². The van der Waals surface area contributed by atoms with Gasteiger partial charge in [0.1, 0.15) is 0 Å². The minimum Gasteiger partial charge on any atom is -0.378 e. The Labute approximate surface area is 120 Å². The molecule has 1 fully saturated rings. The summed E-state index contributed by atoms with van der Waals surface area (Å²) in [6.45, 7) is 3.92. The van der Waals surface area contributed by atoms with Crippen LogP contribution in [0.25, 0.3) is 0 Å². The van der Waals surface area contributed by atoms with Gasteiger partial charge in [0.2, 0.25) is 5.91 Å².